The number of carbonyl (C=O) groups is 1. The van der Waals surface area contributed by atoms with Crippen molar-refractivity contribution in [3.8, 4) is 10.6 Å². The van der Waals surface area contributed by atoms with Gasteiger partial charge in [-0.2, -0.15) is 11.3 Å². The number of thiophene rings is 1. The highest BCUT2D eigenvalue weighted by atomic mass is 32.1. The number of aliphatic hydroxyl groups is 1. The van der Waals surface area contributed by atoms with Gasteiger partial charge in [-0.1, -0.05) is 12.8 Å². The van der Waals surface area contributed by atoms with Gasteiger partial charge in [-0.25, -0.2) is 4.98 Å². The van der Waals surface area contributed by atoms with Crippen LogP contribution < -0.4 is 5.32 Å². The van der Waals surface area contributed by atoms with Gasteiger partial charge in [0.1, 0.15) is 9.88 Å². The van der Waals surface area contributed by atoms with Crippen LogP contribution >= 0.6 is 22.7 Å². The van der Waals surface area contributed by atoms with Crippen LogP contribution in [0.15, 0.2) is 16.8 Å². The van der Waals surface area contributed by atoms with E-state index in [0.29, 0.717) is 4.88 Å². The van der Waals surface area contributed by atoms with Crippen molar-refractivity contribution in [1.29, 1.82) is 0 Å². The molecule has 2 aromatic heterocycles. The minimum atomic E-state index is -0.434. The molecule has 2 N–H and O–H groups in total. The van der Waals surface area contributed by atoms with Gasteiger partial charge in [0.2, 0.25) is 0 Å². The van der Waals surface area contributed by atoms with E-state index in [1.807, 2.05) is 23.8 Å². The zero-order valence-electron chi connectivity index (χ0n) is 11.9. The summed E-state index contributed by atoms with van der Waals surface area (Å²) in [4.78, 5) is 17.7. The lowest BCUT2D eigenvalue weighted by molar-refractivity contribution is 0.0842. The van der Waals surface area contributed by atoms with Crippen molar-refractivity contribution >= 4 is 28.6 Å². The van der Waals surface area contributed by atoms with Crippen molar-refractivity contribution in [2.24, 2.45) is 0 Å². The minimum Gasteiger partial charge on any atom is -0.394 e. The molecule has 0 saturated heterocycles. The Kier molecular flexibility index (Phi) is 4.10. The molecule has 112 valence electrons. The molecule has 0 unspecified atom stereocenters. The predicted molar refractivity (Wildman–Crippen MR) is 85.9 cm³/mol. The molecule has 0 aromatic carbocycles. The number of aliphatic hydroxyl groups excluding tert-OH is 1. The fourth-order valence-electron chi connectivity index (χ4n) is 2.79. The maximum atomic E-state index is 12.5. The summed E-state index contributed by atoms with van der Waals surface area (Å²) in [5, 5.41) is 17.6. The van der Waals surface area contributed by atoms with Crippen LogP contribution in [0.3, 0.4) is 0 Å². The van der Waals surface area contributed by atoms with E-state index in [1.54, 1.807) is 11.3 Å². The Morgan fingerprint density at radius 3 is 2.86 bits per heavy atom. The second-order valence-corrected chi connectivity index (χ2v) is 7.32. The molecule has 1 aliphatic carbocycles. The summed E-state index contributed by atoms with van der Waals surface area (Å²) in [6, 6.07) is 2.01. The van der Waals surface area contributed by atoms with E-state index in [9.17, 15) is 9.90 Å². The molecular weight excluding hydrogens is 304 g/mol. The Balaban J connectivity index is 1.82. The number of aromatic nitrogens is 1. The van der Waals surface area contributed by atoms with Gasteiger partial charge in [0.05, 0.1) is 17.8 Å². The summed E-state index contributed by atoms with van der Waals surface area (Å²) in [6.07, 6.45) is 3.82. The number of nitrogens with one attached hydrogen (secondary N) is 1. The molecule has 4 nitrogen and oxygen atoms in total. The maximum Gasteiger partial charge on any atom is 0.263 e. The number of aryl methyl sites for hydroxylation is 1. The Labute approximate surface area is 131 Å². The molecule has 2 aromatic rings. The van der Waals surface area contributed by atoms with Gasteiger partial charge >= 0.3 is 0 Å². The van der Waals surface area contributed by atoms with Gasteiger partial charge in [-0.05, 0) is 31.2 Å². The molecule has 0 bridgehead atoms. The summed E-state index contributed by atoms with van der Waals surface area (Å²) in [5.41, 5.74) is 1.38. The molecule has 2 heterocycles. The first-order valence-electron chi connectivity index (χ1n) is 7.07. The molecule has 1 saturated carbocycles. The molecule has 21 heavy (non-hydrogen) atoms. The largest absolute Gasteiger partial charge is 0.394 e. The van der Waals surface area contributed by atoms with Crippen molar-refractivity contribution in [3.63, 3.8) is 0 Å². The van der Waals surface area contributed by atoms with Crippen LogP contribution in [-0.2, 0) is 0 Å². The fourth-order valence-corrected chi connectivity index (χ4v) is 4.46. The first-order chi connectivity index (χ1) is 10.1. The van der Waals surface area contributed by atoms with Crippen LogP contribution in [0.5, 0.6) is 0 Å². The van der Waals surface area contributed by atoms with Gasteiger partial charge in [0, 0.05) is 10.9 Å². The third-order valence-electron chi connectivity index (χ3n) is 4.01. The van der Waals surface area contributed by atoms with E-state index in [4.69, 9.17) is 0 Å². The number of rotatable bonds is 4. The lowest BCUT2D eigenvalue weighted by Gasteiger charge is -2.27. The van der Waals surface area contributed by atoms with Gasteiger partial charge in [-0.15, -0.1) is 11.3 Å². The zero-order chi connectivity index (χ0) is 14.9. The summed E-state index contributed by atoms with van der Waals surface area (Å²) >= 11 is 3.04. The number of carbonyl (C=O) groups excluding carboxylic acids is 1. The number of thiazole rings is 1. The molecule has 0 atom stereocenters. The van der Waals surface area contributed by atoms with E-state index in [0.717, 1.165) is 41.9 Å². The van der Waals surface area contributed by atoms with E-state index in [1.165, 1.54) is 11.3 Å². The molecule has 0 spiro atoms. The van der Waals surface area contributed by atoms with Crippen LogP contribution in [-0.4, -0.2) is 28.1 Å². The van der Waals surface area contributed by atoms with E-state index >= 15 is 0 Å². The summed E-state index contributed by atoms with van der Waals surface area (Å²) in [5.74, 6) is -0.109. The Morgan fingerprint density at radius 2 is 2.24 bits per heavy atom. The number of hydrogen-bond donors (Lipinski definition) is 2. The van der Waals surface area contributed by atoms with Crippen molar-refractivity contribution in [2.75, 3.05) is 6.61 Å². The Bertz CT molecular complexity index is 628. The highest BCUT2D eigenvalue weighted by molar-refractivity contribution is 7.17. The highest BCUT2D eigenvalue weighted by Gasteiger charge is 2.35. The predicted octanol–water partition coefficient (Wildman–Crippen LogP) is 3.21. The van der Waals surface area contributed by atoms with Gasteiger partial charge in [-0.3, -0.25) is 4.79 Å². The van der Waals surface area contributed by atoms with Crippen LogP contribution in [0.25, 0.3) is 10.6 Å². The quantitative estimate of drug-likeness (QED) is 0.908. The van der Waals surface area contributed by atoms with Crippen LogP contribution in [0.4, 0.5) is 0 Å². The molecular formula is C15H18N2O2S2. The number of nitrogens with zero attached hydrogens (tertiary/aromatic N) is 1. The second kappa shape index (κ2) is 5.87. The Morgan fingerprint density at radius 1 is 1.48 bits per heavy atom. The SMILES string of the molecule is Cc1nc(-c2ccsc2)sc1C(=O)NC1(CO)CCCC1. The topological polar surface area (TPSA) is 62.2 Å². The van der Waals surface area contributed by atoms with Crippen molar-refractivity contribution in [1.82, 2.24) is 10.3 Å². The average molecular weight is 322 g/mol. The molecule has 3 rings (SSSR count). The van der Waals surface area contributed by atoms with Gasteiger partial charge in [0.15, 0.2) is 0 Å². The molecule has 0 aliphatic heterocycles. The van der Waals surface area contributed by atoms with E-state index < -0.39 is 5.54 Å². The summed E-state index contributed by atoms with van der Waals surface area (Å²) < 4.78 is 0. The first-order valence-corrected chi connectivity index (χ1v) is 8.83. The second-order valence-electron chi connectivity index (χ2n) is 5.55. The molecule has 0 radical (unpaired) electrons. The van der Waals surface area contributed by atoms with Crippen molar-refractivity contribution < 1.29 is 9.90 Å². The van der Waals surface area contributed by atoms with Crippen LogP contribution in [0.1, 0.15) is 41.0 Å². The average Bonchev–Trinajstić information content (AvgIpc) is 3.18. The van der Waals surface area contributed by atoms with Gasteiger partial charge in [0.25, 0.3) is 5.91 Å². The first kappa shape index (κ1) is 14.7. The molecule has 1 aliphatic rings. The molecule has 1 fully saturated rings. The number of hydrogen-bond acceptors (Lipinski definition) is 5. The van der Waals surface area contributed by atoms with Crippen molar-refractivity contribution in [3.05, 3.63) is 27.4 Å². The third-order valence-corrected chi connectivity index (χ3v) is 5.90. The number of amides is 1. The molecule has 1 amide bonds. The Hall–Kier alpha value is -1.24. The van der Waals surface area contributed by atoms with E-state index in [2.05, 4.69) is 10.3 Å². The van der Waals surface area contributed by atoms with Crippen molar-refractivity contribution in [2.45, 2.75) is 38.1 Å². The van der Waals surface area contributed by atoms with E-state index in [-0.39, 0.29) is 12.5 Å². The molecule has 6 heteroatoms. The monoisotopic (exact) mass is 322 g/mol. The normalized spacial score (nSPS) is 17.0. The smallest absolute Gasteiger partial charge is 0.263 e. The summed E-state index contributed by atoms with van der Waals surface area (Å²) in [7, 11) is 0. The lowest BCUT2D eigenvalue weighted by Crippen LogP contribution is -2.49. The minimum absolute atomic E-state index is 0.00792. The zero-order valence-corrected chi connectivity index (χ0v) is 13.5. The van der Waals surface area contributed by atoms with Gasteiger partial charge < -0.3 is 10.4 Å². The van der Waals surface area contributed by atoms with Crippen LogP contribution in [0, 0.1) is 6.92 Å². The standard InChI is InChI=1S/C15H18N2O2S2/c1-10-12(21-14(16-10)11-4-7-20-8-11)13(19)17-15(9-18)5-2-3-6-15/h4,7-8,18H,2-3,5-6,9H2,1H3,(H,17,19). The summed E-state index contributed by atoms with van der Waals surface area (Å²) in [6.45, 7) is 1.87. The maximum absolute atomic E-state index is 12.5. The third kappa shape index (κ3) is 2.88. The fraction of sp³-hybridized carbons (Fsp3) is 0.467. The highest BCUT2D eigenvalue weighted by Crippen LogP contribution is 2.32. The van der Waals surface area contributed by atoms with Crippen LogP contribution in [0.2, 0.25) is 0 Å². The lowest BCUT2D eigenvalue weighted by atomic mass is 9.99.